The smallest absolute Gasteiger partial charge is 0.180 e. The fourth-order valence-electron chi connectivity index (χ4n) is 2.55. The lowest BCUT2D eigenvalue weighted by Crippen LogP contribution is -2.09. The standard InChI is InChI=1S/C14H13N3O2/c1-4-10-13(15-7-1)17(12-6-3-9-19-12)14(16-10)11-5-2-8-18-11/h1-2,4-5,7-8,12H,3,6,9H2. The van der Waals surface area contributed by atoms with Crippen molar-refractivity contribution < 1.29 is 9.15 Å². The van der Waals surface area contributed by atoms with Gasteiger partial charge < -0.3 is 9.15 Å². The van der Waals surface area contributed by atoms with Gasteiger partial charge in [-0.3, -0.25) is 4.57 Å². The Morgan fingerprint density at radius 2 is 2.26 bits per heavy atom. The molecule has 0 bridgehead atoms. The number of rotatable bonds is 2. The number of fused-ring (bicyclic) bond motifs is 1. The number of aromatic nitrogens is 3. The third-order valence-corrected chi connectivity index (χ3v) is 3.38. The van der Waals surface area contributed by atoms with Crippen molar-refractivity contribution in [2.24, 2.45) is 0 Å². The molecule has 1 aliphatic rings. The molecular formula is C14H13N3O2. The van der Waals surface area contributed by atoms with Crippen molar-refractivity contribution in [1.82, 2.24) is 14.5 Å². The Balaban J connectivity index is 1.98. The van der Waals surface area contributed by atoms with Gasteiger partial charge in [-0.1, -0.05) is 0 Å². The van der Waals surface area contributed by atoms with Crippen molar-refractivity contribution in [3.05, 3.63) is 36.7 Å². The van der Waals surface area contributed by atoms with Gasteiger partial charge in [0.1, 0.15) is 11.7 Å². The Hall–Kier alpha value is -2.14. The second kappa shape index (κ2) is 4.20. The zero-order chi connectivity index (χ0) is 12.7. The molecule has 4 heterocycles. The van der Waals surface area contributed by atoms with Crippen molar-refractivity contribution >= 4 is 11.2 Å². The third kappa shape index (κ3) is 1.66. The van der Waals surface area contributed by atoms with Crippen LogP contribution in [0.25, 0.3) is 22.7 Å². The number of imidazole rings is 1. The molecule has 0 aliphatic carbocycles. The molecule has 0 saturated carbocycles. The first kappa shape index (κ1) is 10.8. The second-order valence-corrected chi connectivity index (χ2v) is 4.60. The van der Waals surface area contributed by atoms with Gasteiger partial charge in [0.25, 0.3) is 0 Å². The Morgan fingerprint density at radius 3 is 3.05 bits per heavy atom. The average Bonchev–Trinajstić information content (AvgIpc) is 3.17. The van der Waals surface area contributed by atoms with Crippen LogP contribution < -0.4 is 0 Å². The van der Waals surface area contributed by atoms with E-state index in [0.29, 0.717) is 0 Å². The topological polar surface area (TPSA) is 53.1 Å². The Kier molecular flexibility index (Phi) is 2.38. The fraction of sp³-hybridized carbons (Fsp3) is 0.286. The normalized spacial score (nSPS) is 19.3. The van der Waals surface area contributed by atoms with Gasteiger partial charge in [-0.25, -0.2) is 9.97 Å². The van der Waals surface area contributed by atoms with Crippen molar-refractivity contribution in [3.63, 3.8) is 0 Å². The zero-order valence-electron chi connectivity index (χ0n) is 10.3. The zero-order valence-corrected chi connectivity index (χ0v) is 10.3. The highest BCUT2D eigenvalue weighted by Crippen LogP contribution is 2.32. The van der Waals surface area contributed by atoms with Crippen molar-refractivity contribution in [3.8, 4) is 11.6 Å². The molecule has 0 amide bonds. The minimum absolute atomic E-state index is 0.000000000000000222. The average molecular weight is 255 g/mol. The maximum absolute atomic E-state index is 5.79. The Morgan fingerprint density at radius 1 is 1.26 bits per heavy atom. The highest BCUT2D eigenvalue weighted by Gasteiger charge is 2.25. The van der Waals surface area contributed by atoms with E-state index in [1.54, 1.807) is 12.5 Å². The van der Waals surface area contributed by atoms with Gasteiger partial charge in [-0.2, -0.15) is 0 Å². The molecule has 5 nitrogen and oxygen atoms in total. The van der Waals surface area contributed by atoms with E-state index in [4.69, 9.17) is 9.15 Å². The molecule has 3 aromatic heterocycles. The molecule has 19 heavy (non-hydrogen) atoms. The molecule has 1 atom stereocenters. The van der Waals surface area contributed by atoms with E-state index in [2.05, 4.69) is 9.97 Å². The van der Waals surface area contributed by atoms with E-state index in [-0.39, 0.29) is 6.23 Å². The minimum atomic E-state index is -0.000000000000000222. The first-order valence-electron chi connectivity index (χ1n) is 6.42. The van der Waals surface area contributed by atoms with Gasteiger partial charge in [0.05, 0.1) is 6.26 Å². The number of hydrogen-bond acceptors (Lipinski definition) is 4. The summed E-state index contributed by atoms with van der Waals surface area (Å²) in [6, 6.07) is 7.62. The van der Waals surface area contributed by atoms with Crippen LogP contribution in [0.15, 0.2) is 41.1 Å². The van der Waals surface area contributed by atoms with Gasteiger partial charge >= 0.3 is 0 Å². The van der Waals surface area contributed by atoms with Crippen LogP contribution in [0, 0.1) is 0 Å². The number of pyridine rings is 1. The molecule has 0 N–H and O–H groups in total. The quantitative estimate of drug-likeness (QED) is 0.706. The van der Waals surface area contributed by atoms with Gasteiger partial charge in [0.2, 0.25) is 0 Å². The van der Waals surface area contributed by atoms with E-state index in [0.717, 1.165) is 42.2 Å². The Labute approximate surface area is 109 Å². The lowest BCUT2D eigenvalue weighted by atomic mass is 10.3. The van der Waals surface area contributed by atoms with Crippen LogP contribution in [-0.4, -0.2) is 21.1 Å². The second-order valence-electron chi connectivity index (χ2n) is 4.60. The fourth-order valence-corrected chi connectivity index (χ4v) is 2.55. The predicted octanol–water partition coefficient (Wildman–Crippen LogP) is 3.00. The minimum Gasteiger partial charge on any atom is -0.461 e. The van der Waals surface area contributed by atoms with Crippen LogP contribution in [0.2, 0.25) is 0 Å². The molecule has 1 unspecified atom stereocenters. The molecule has 0 aromatic carbocycles. The van der Waals surface area contributed by atoms with Crippen molar-refractivity contribution in [2.45, 2.75) is 19.1 Å². The number of furan rings is 1. The summed E-state index contributed by atoms with van der Waals surface area (Å²) in [5.41, 5.74) is 1.71. The molecule has 1 fully saturated rings. The van der Waals surface area contributed by atoms with Gasteiger partial charge in [-0.05, 0) is 37.1 Å². The van der Waals surface area contributed by atoms with Gasteiger partial charge in [0.15, 0.2) is 17.2 Å². The van der Waals surface area contributed by atoms with Crippen LogP contribution in [0.3, 0.4) is 0 Å². The lowest BCUT2D eigenvalue weighted by molar-refractivity contribution is 0.0603. The number of ether oxygens (including phenoxy) is 1. The molecule has 96 valence electrons. The highest BCUT2D eigenvalue weighted by molar-refractivity contribution is 5.76. The van der Waals surface area contributed by atoms with Crippen LogP contribution >= 0.6 is 0 Å². The van der Waals surface area contributed by atoms with Crippen LogP contribution in [0.5, 0.6) is 0 Å². The van der Waals surface area contributed by atoms with E-state index in [1.807, 2.05) is 28.8 Å². The summed E-state index contributed by atoms with van der Waals surface area (Å²) in [6.45, 7) is 0.786. The van der Waals surface area contributed by atoms with Gasteiger partial charge in [0, 0.05) is 12.8 Å². The molecule has 1 aliphatic heterocycles. The van der Waals surface area contributed by atoms with Crippen LogP contribution in [0.1, 0.15) is 19.1 Å². The molecule has 5 heteroatoms. The summed E-state index contributed by atoms with van der Waals surface area (Å²) < 4.78 is 13.3. The van der Waals surface area contributed by atoms with Gasteiger partial charge in [-0.15, -0.1) is 0 Å². The number of nitrogens with zero attached hydrogens (tertiary/aromatic N) is 3. The van der Waals surface area contributed by atoms with E-state index in [9.17, 15) is 0 Å². The first-order chi connectivity index (χ1) is 9.43. The molecule has 1 saturated heterocycles. The van der Waals surface area contributed by atoms with E-state index < -0.39 is 0 Å². The first-order valence-corrected chi connectivity index (χ1v) is 6.42. The third-order valence-electron chi connectivity index (χ3n) is 3.38. The van der Waals surface area contributed by atoms with E-state index in [1.165, 1.54) is 0 Å². The van der Waals surface area contributed by atoms with Crippen molar-refractivity contribution in [1.29, 1.82) is 0 Å². The summed E-state index contributed by atoms with van der Waals surface area (Å²) in [5, 5.41) is 0. The highest BCUT2D eigenvalue weighted by atomic mass is 16.5. The summed E-state index contributed by atoms with van der Waals surface area (Å²) in [5.74, 6) is 1.53. The molecule has 0 spiro atoms. The van der Waals surface area contributed by atoms with E-state index >= 15 is 0 Å². The van der Waals surface area contributed by atoms with Crippen LogP contribution in [0.4, 0.5) is 0 Å². The summed E-state index contributed by atoms with van der Waals surface area (Å²) in [4.78, 5) is 9.06. The molecule has 3 aromatic rings. The van der Waals surface area contributed by atoms with Crippen molar-refractivity contribution in [2.75, 3.05) is 6.61 Å². The summed E-state index contributed by atoms with van der Waals surface area (Å²) in [6.07, 6.45) is 5.48. The molecule has 4 rings (SSSR count). The summed E-state index contributed by atoms with van der Waals surface area (Å²) in [7, 11) is 0. The summed E-state index contributed by atoms with van der Waals surface area (Å²) >= 11 is 0. The molecule has 0 radical (unpaired) electrons. The maximum Gasteiger partial charge on any atom is 0.180 e. The number of hydrogen-bond donors (Lipinski definition) is 0. The monoisotopic (exact) mass is 255 g/mol. The largest absolute Gasteiger partial charge is 0.461 e. The van der Waals surface area contributed by atoms with Crippen LogP contribution in [-0.2, 0) is 4.74 Å². The Bertz CT molecular complexity index is 697. The molecular weight excluding hydrogens is 242 g/mol. The lowest BCUT2D eigenvalue weighted by Gasteiger charge is -2.14. The predicted molar refractivity (Wildman–Crippen MR) is 69.5 cm³/mol. The maximum atomic E-state index is 5.79. The SMILES string of the molecule is c1coc(-c2nc3cccnc3n2C2CCCO2)c1.